The van der Waals surface area contributed by atoms with Gasteiger partial charge in [-0.05, 0) is 18.9 Å². The lowest BCUT2D eigenvalue weighted by Crippen LogP contribution is -2.52. The van der Waals surface area contributed by atoms with Crippen molar-refractivity contribution in [2.75, 3.05) is 18.4 Å². The molecule has 4 N–H and O–H groups in total. The van der Waals surface area contributed by atoms with Crippen LogP contribution in [0.15, 0.2) is 12.3 Å². The van der Waals surface area contributed by atoms with Gasteiger partial charge in [-0.25, -0.2) is 4.98 Å². The first-order valence-electron chi connectivity index (χ1n) is 9.95. The van der Waals surface area contributed by atoms with Gasteiger partial charge in [-0.2, -0.15) is 4.98 Å². The zero-order chi connectivity index (χ0) is 19.3. The highest BCUT2D eigenvalue weighted by atomic mass is 16.3. The minimum Gasteiger partial charge on any atom is -0.391 e. The maximum absolute atomic E-state index is 12.5. The van der Waals surface area contributed by atoms with E-state index in [1.54, 1.807) is 6.20 Å². The first kappa shape index (κ1) is 17.4. The van der Waals surface area contributed by atoms with E-state index in [0.717, 1.165) is 36.7 Å². The first-order chi connectivity index (χ1) is 13.6. The van der Waals surface area contributed by atoms with Gasteiger partial charge in [0.2, 0.25) is 11.9 Å². The minimum absolute atomic E-state index is 0.0847. The van der Waals surface area contributed by atoms with E-state index >= 15 is 0 Å². The summed E-state index contributed by atoms with van der Waals surface area (Å²) in [7, 11) is 0. The van der Waals surface area contributed by atoms with Crippen LogP contribution >= 0.6 is 0 Å². The zero-order valence-corrected chi connectivity index (χ0v) is 15.6. The highest BCUT2D eigenvalue weighted by Crippen LogP contribution is 2.40. The number of aliphatic hydroxyl groups is 1. The van der Waals surface area contributed by atoms with Crippen molar-refractivity contribution in [2.24, 2.45) is 0 Å². The Balaban J connectivity index is 1.55. The van der Waals surface area contributed by atoms with E-state index in [2.05, 4.69) is 30.5 Å². The van der Waals surface area contributed by atoms with E-state index in [1.165, 1.54) is 6.42 Å². The second-order valence-corrected chi connectivity index (χ2v) is 8.14. The molecule has 1 saturated heterocycles. The van der Waals surface area contributed by atoms with E-state index in [4.69, 9.17) is 0 Å². The molecule has 2 aromatic rings. The van der Waals surface area contributed by atoms with Crippen molar-refractivity contribution in [3.8, 4) is 0 Å². The third kappa shape index (κ3) is 2.72. The molecule has 0 unspecified atom stereocenters. The molecule has 0 radical (unpaired) electrons. The fourth-order valence-corrected chi connectivity index (χ4v) is 4.81. The summed E-state index contributed by atoms with van der Waals surface area (Å²) in [4.78, 5) is 33.6. The van der Waals surface area contributed by atoms with Crippen LogP contribution in [-0.4, -0.2) is 56.7 Å². The molecule has 2 amide bonds. The van der Waals surface area contributed by atoms with Crippen LogP contribution < -0.4 is 16.0 Å². The van der Waals surface area contributed by atoms with Crippen LogP contribution in [-0.2, 0) is 10.3 Å². The zero-order valence-electron chi connectivity index (χ0n) is 15.6. The Labute approximate surface area is 161 Å². The predicted molar refractivity (Wildman–Crippen MR) is 102 cm³/mol. The van der Waals surface area contributed by atoms with Crippen LogP contribution in [0.4, 0.5) is 5.95 Å². The molecule has 1 spiro atoms. The van der Waals surface area contributed by atoms with E-state index < -0.39 is 12.1 Å². The van der Waals surface area contributed by atoms with Gasteiger partial charge in [0.05, 0.1) is 11.6 Å². The van der Waals surface area contributed by atoms with Crippen LogP contribution in [0.2, 0.25) is 0 Å². The fourth-order valence-electron chi connectivity index (χ4n) is 4.81. The van der Waals surface area contributed by atoms with Gasteiger partial charge < -0.3 is 25.6 Å². The number of rotatable bonds is 2. The summed E-state index contributed by atoms with van der Waals surface area (Å²) in [5, 5.41) is 19.4. The summed E-state index contributed by atoms with van der Waals surface area (Å²) >= 11 is 0. The van der Waals surface area contributed by atoms with Crippen molar-refractivity contribution in [3.05, 3.63) is 18.0 Å². The van der Waals surface area contributed by atoms with Gasteiger partial charge in [-0.3, -0.25) is 9.59 Å². The van der Waals surface area contributed by atoms with E-state index in [-0.39, 0.29) is 23.9 Å². The molecule has 9 nitrogen and oxygen atoms in total. The molecule has 1 saturated carbocycles. The number of β-amino-alcohol motifs (C(OH)–C–C–N with tert-alkyl or cyclic N) is 1. The monoisotopic (exact) mass is 384 g/mol. The summed E-state index contributed by atoms with van der Waals surface area (Å²) in [5.74, 6) is 0.0763. The number of carbonyl (C=O) groups excluding carboxylic acids is 2. The molecule has 28 heavy (non-hydrogen) atoms. The third-order valence-electron chi connectivity index (χ3n) is 6.25. The summed E-state index contributed by atoms with van der Waals surface area (Å²) < 4.78 is 2.10. The molecular formula is C19H24N6O3. The first-order valence-corrected chi connectivity index (χ1v) is 9.95. The molecule has 2 fully saturated rings. The van der Waals surface area contributed by atoms with Gasteiger partial charge in [0.1, 0.15) is 17.4 Å². The summed E-state index contributed by atoms with van der Waals surface area (Å²) in [6.45, 7) is 0.882. The Hall–Kier alpha value is -2.68. The number of nitrogens with one attached hydrogen (secondary N) is 3. The number of piperidine rings is 1. The smallest absolute Gasteiger partial charge is 0.268 e. The number of hydrogen-bond acceptors (Lipinski definition) is 6. The molecule has 1 aliphatic carbocycles. The average Bonchev–Trinajstić information content (AvgIpc) is 3.09. The molecule has 2 aromatic heterocycles. The topological polar surface area (TPSA) is 121 Å². The van der Waals surface area contributed by atoms with Crippen LogP contribution in [0, 0.1) is 0 Å². The number of amides is 2. The van der Waals surface area contributed by atoms with Crippen molar-refractivity contribution < 1.29 is 14.7 Å². The maximum Gasteiger partial charge on any atom is 0.268 e. The van der Waals surface area contributed by atoms with Crippen molar-refractivity contribution in [2.45, 2.75) is 56.2 Å². The Morgan fingerprint density at radius 3 is 2.86 bits per heavy atom. The largest absolute Gasteiger partial charge is 0.391 e. The highest BCUT2D eigenvalue weighted by Gasteiger charge is 2.41. The van der Waals surface area contributed by atoms with E-state index in [0.29, 0.717) is 24.6 Å². The quantitative estimate of drug-likeness (QED) is 0.598. The molecule has 0 bridgehead atoms. The molecule has 0 aromatic carbocycles. The van der Waals surface area contributed by atoms with Gasteiger partial charge in [0.25, 0.3) is 5.91 Å². The van der Waals surface area contributed by atoms with E-state index in [9.17, 15) is 14.7 Å². The van der Waals surface area contributed by atoms with Gasteiger partial charge in [0.15, 0.2) is 0 Å². The van der Waals surface area contributed by atoms with Crippen molar-refractivity contribution in [3.63, 3.8) is 0 Å². The lowest BCUT2D eigenvalue weighted by Gasteiger charge is -2.42. The number of fused-ring (bicyclic) bond motifs is 4. The number of anilines is 1. The molecule has 2 atom stereocenters. The number of hydrogen-bond donors (Lipinski definition) is 4. The normalized spacial score (nSPS) is 26.6. The van der Waals surface area contributed by atoms with E-state index in [1.807, 2.05) is 6.07 Å². The molecular weight excluding hydrogens is 360 g/mol. The average molecular weight is 384 g/mol. The van der Waals surface area contributed by atoms with Crippen LogP contribution in [0.25, 0.3) is 11.0 Å². The number of aromatic nitrogens is 3. The Kier molecular flexibility index (Phi) is 4.01. The number of carbonyl (C=O) groups is 2. The number of nitrogens with zero attached hydrogens (tertiary/aromatic N) is 3. The SMILES string of the molecule is O=C1NCC2(CCCCC2)n2c1cc1cnc(N[C@@H]3C[C@@H](O)CNC3=O)nc12. The van der Waals surface area contributed by atoms with Crippen LogP contribution in [0.5, 0.6) is 0 Å². The summed E-state index contributed by atoms with van der Waals surface area (Å²) in [5.41, 5.74) is 1.20. The van der Waals surface area contributed by atoms with Gasteiger partial charge in [-0.1, -0.05) is 19.3 Å². The second kappa shape index (κ2) is 6.44. The van der Waals surface area contributed by atoms with Crippen molar-refractivity contribution in [1.82, 2.24) is 25.2 Å². The fraction of sp³-hybridized carbons (Fsp3) is 0.579. The predicted octanol–water partition coefficient (Wildman–Crippen LogP) is 0.495. The molecule has 4 heterocycles. The molecule has 9 heteroatoms. The molecule has 148 valence electrons. The Bertz CT molecular complexity index is 949. The van der Waals surface area contributed by atoms with Crippen molar-refractivity contribution in [1.29, 1.82) is 0 Å². The molecule has 5 rings (SSSR count). The standard InChI is InChI=1S/C19H24N6O3/c26-12-7-13(16(27)20-9-12)23-18-21-8-11-6-14-17(28)22-10-19(4-2-1-3-5-19)25(14)15(11)24-18/h6,8,12-13,26H,1-5,7,9-10H2,(H,20,27)(H,22,28)(H,21,23,24)/t12-,13-/m1/s1. The second-order valence-electron chi connectivity index (χ2n) is 8.14. The Morgan fingerprint density at radius 2 is 2.04 bits per heavy atom. The van der Waals surface area contributed by atoms with Gasteiger partial charge in [0, 0.05) is 31.1 Å². The summed E-state index contributed by atoms with van der Waals surface area (Å²) in [6.07, 6.45) is 6.90. The molecule has 3 aliphatic rings. The van der Waals surface area contributed by atoms with Crippen LogP contribution in [0.1, 0.15) is 49.0 Å². The maximum atomic E-state index is 12.5. The third-order valence-corrected chi connectivity index (χ3v) is 6.25. The molecule has 2 aliphatic heterocycles. The lowest BCUT2D eigenvalue weighted by atomic mass is 9.80. The van der Waals surface area contributed by atoms with Crippen LogP contribution in [0.3, 0.4) is 0 Å². The van der Waals surface area contributed by atoms with Gasteiger partial charge in [-0.15, -0.1) is 0 Å². The number of aliphatic hydroxyl groups excluding tert-OH is 1. The van der Waals surface area contributed by atoms with Crippen molar-refractivity contribution >= 4 is 28.8 Å². The minimum atomic E-state index is -0.589. The Morgan fingerprint density at radius 1 is 1.21 bits per heavy atom. The summed E-state index contributed by atoms with van der Waals surface area (Å²) in [6, 6.07) is 1.27. The lowest BCUT2D eigenvalue weighted by molar-refractivity contribution is -0.124. The highest BCUT2D eigenvalue weighted by molar-refractivity contribution is 5.99. The van der Waals surface area contributed by atoms with Gasteiger partial charge >= 0.3 is 0 Å².